The van der Waals surface area contributed by atoms with Crippen LogP contribution in [0.15, 0.2) is 24.5 Å². The zero-order valence-corrected chi connectivity index (χ0v) is 11.6. The summed E-state index contributed by atoms with van der Waals surface area (Å²) in [5.41, 5.74) is 7.09. The number of aromatic amines is 1. The third-order valence-electron chi connectivity index (χ3n) is 3.21. The monoisotopic (exact) mass is 297 g/mol. The maximum Gasteiger partial charge on any atom is 0.150 e. The molecule has 4 N–H and O–H groups in total. The molecule has 3 rings (SSSR count). The van der Waals surface area contributed by atoms with E-state index in [1.54, 1.807) is 6.07 Å². The highest BCUT2D eigenvalue weighted by Crippen LogP contribution is 2.23. The van der Waals surface area contributed by atoms with Crippen LogP contribution in [-0.4, -0.2) is 19.9 Å². The van der Waals surface area contributed by atoms with Crippen molar-refractivity contribution in [2.24, 2.45) is 0 Å². The molecule has 7 nitrogen and oxygen atoms in total. The minimum absolute atomic E-state index is 0.110. The molecular formula is C14H12FN7. The smallest absolute Gasteiger partial charge is 0.150 e. The van der Waals surface area contributed by atoms with Crippen molar-refractivity contribution in [1.29, 1.82) is 5.26 Å². The topological polar surface area (TPSA) is 116 Å². The van der Waals surface area contributed by atoms with Gasteiger partial charge in [0, 0.05) is 0 Å². The van der Waals surface area contributed by atoms with Crippen molar-refractivity contribution in [2.45, 2.75) is 13.0 Å². The Morgan fingerprint density at radius 1 is 1.41 bits per heavy atom. The molecular weight excluding hydrogens is 285 g/mol. The zero-order valence-electron chi connectivity index (χ0n) is 11.6. The van der Waals surface area contributed by atoms with Gasteiger partial charge >= 0.3 is 0 Å². The maximum atomic E-state index is 13.2. The number of nitrogen functional groups attached to an aromatic ring is 1. The van der Waals surface area contributed by atoms with Gasteiger partial charge in [-0.2, -0.15) is 5.26 Å². The van der Waals surface area contributed by atoms with Gasteiger partial charge in [-0.1, -0.05) is 0 Å². The number of nitrogens with two attached hydrogens (primary N) is 1. The van der Waals surface area contributed by atoms with Crippen molar-refractivity contribution in [3.05, 3.63) is 41.7 Å². The molecule has 0 saturated carbocycles. The van der Waals surface area contributed by atoms with Gasteiger partial charge in [-0.15, -0.1) is 0 Å². The van der Waals surface area contributed by atoms with Crippen LogP contribution < -0.4 is 11.1 Å². The van der Waals surface area contributed by atoms with Crippen LogP contribution in [0.2, 0.25) is 0 Å². The molecule has 0 unspecified atom stereocenters. The second-order valence-electron chi connectivity index (χ2n) is 4.74. The van der Waals surface area contributed by atoms with E-state index >= 15 is 0 Å². The normalized spacial score (nSPS) is 12.0. The van der Waals surface area contributed by atoms with Crippen molar-refractivity contribution in [3.63, 3.8) is 0 Å². The first-order valence-electron chi connectivity index (χ1n) is 6.50. The molecule has 2 aromatic heterocycles. The molecule has 0 spiro atoms. The number of imidazole rings is 1. The molecule has 0 amide bonds. The van der Waals surface area contributed by atoms with E-state index in [9.17, 15) is 4.39 Å². The van der Waals surface area contributed by atoms with Gasteiger partial charge in [-0.3, -0.25) is 0 Å². The third kappa shape index (κ3) is 2.40. The van der Waals surface area contributed by atoms with Crippen molar-refractivity contribution >= 4 is 22.7 Å². The number of rotatable bonds is 3. The van der Waals surface area contributed by atoms with Gasteiger partial charge in [0.05, 0.1) is 17.1 Å². The summed E-state index contributed by atoms with van der Waals surface area (Å²) in [7, 11) is 0. The standard InChI is InChI=1S/C14H12FN7/c1-7(20-14-9(5-16)12(17)18-6-19-14)13-21-10-3-2-8(15)4-11(10)22-13/h2-4,6-7H,1H3,(H,21,22)(H3,17,18,19,20)/t7-/m1/s1. The van der Waals surface area contributed by atoms with E-state index in [2.05, 4.69) is 25.3 Å². The van der Waals surface area contributed by atoms with Crippen LogP contribution in [0.5, 0.6) is 0 Å². The molecule has 2 heterocycles. The number of nitriles is 1. The van der Waals surface area contributed by atoms with Crippen LogP contribution in [0.25, 0.3) is 11.0 Å². The summed E-state index contributed by atoms with van der Waals surface area (Å²) < 4.78 is 13.2. The number of halogens is 1. The summed E-state index contributed by atoms with van der Waals surface area (Å²) in [6.07, 6.45) is 1.28. The second kappa shape index (κ2) is 5.29. The van der Waals surface area contributed by atoms with E-state index < -0.39 is 0 Å². The number of nitrogens with zero attached hydrogens (tertiary/aromatic N) is 4. The van der Waals surface area contributed by atoms with Crippen LogP contribution in [-0.2, 0) is 0 Å². The molecule has 1 aromatic carbocycles. The second-order valence-corrected chi connectivity index (χ2v) is 4.74. The zero-order chi connectivity index (χ0) is 15.7. The van der Waals surface area contributed by atoms with Crippen LogP contribution in [0, 0.1) is 17.1 Å². The molecule has 8 heteroatoms. The quantitative estimate of drug-likeness (QED) is 0.681. The van der Waals surface area contributed by atoms with E-state index in [4.69, 9.17) is 11.0 Å². The Bertz CT molecular complexity index is 881. The number of H-pyrrole nitrogens is 1. The molecule has 110 valence electrons. The molecule has 0 radical (unpaired) electrons. The van der Waals surface area contributed by atoms with Crippen LogP contribution >= 0.6 is 0 Å². The summed E-state index contributed by atoms with van der Waals surface area (Å²) in [4.78, 5) is 15.2. The van der Waals surface area contributed by atoms with Gasteiger partial charge in [-0.05, 0) is 25.1 Å². The molecule has 22 heavy (non-hydrogen) atoms. The Labute approximate surface area is 125 Å². The van der Waals surface area contributed by atoms with E-state index in [-0.39, 0.29) is 23.2 Å². The fraction of sp³-hybridized carbons (Fsp3) is 0.143. The van der Waals surface area contributed by atoms with Crippen molar-refractivity contribution in [3.8, 4) is 6.07 Å². The number of hydrogen-bond donors (Lipinski definition) is 3. The van der Waals surface area contributed by atoms with Gasteiger partial charge in [-0.25, -0.2) is 19.3 Å². The minimum atomic E-state index is -0.335. The van der Waals surface area contributed by atoms with Gasteiger partial charge in [0.1, 0.15) is 41.2 Å². The van der Waals surface area contributed by atoms with E-state index in [0.717, 1.165) is 0 Å². The van der Waals surface area contributed by atoms with Gasteiger partial charge < -0.3 is 16.0 Å². The van der Waals surface area contributed by atoms with Crippen molar-refractivity contribution < 1.29 is 4.39 Å². The lowest BCUT2D eigenvalue weighted by molar-refractivity contribution is 0.629. The minimum Gasteiger partial charge on any atom is -0.382 e. The Hall–Kier alpha value is -3.21. The highest BCUT2D eigenvalue weighted by atomic mass is 19.1. The average Bonchev–Trinajstić information content (AvgIpc) is 2.90. The number of fused-ring (bicyclic) bond motifs is 1. The van der Waals surface area contributed by atoms with Gasteiger partial charge in [0.15, 0.2) is 0 Å². The van der Waals surface area contributed by atoms with Gasteiger partial charge in [0.2, 0.25) is 0 Å². The largest absolute Gasteiger partial charge is 0.382 e. The number of benzene rings is 1. The van der Waals surface area contributed by atoms with E-state index in [0.29, 0.717) is 22.7 Å². The van der Waals surface area contributed by atoms with Gasteiger partial charge in [0.25, 0.3) is 0 Å². The first-order chi connectivity index (χ1) is 10.6. The summed E-state index contributed by atoms with van der Waals surface area (Å²) in [5, 5.41) is 12.2. The van der Waals surface area contributed by atoms with E-state index in [1.807, 2.05) is 13.0 Å². The molecule has 0 bridgehead atoms. The summed E-state index contributed by atoms with van der Waals surface area (Å²) in [6.45, 7) is 1.84. The molecule has 0 saturated heterocycles. The highest BCUT2D eigenvalue weighted by Gasteiger charge is 2.15. The number of anilines is 2. The summed E-state index contributed by atoms with van der Waals surface area (Å²) in [5.74, 6) is 0.702. The Kier molecular flexibility index (Phi) is 3.31. The molecule has 0 aliphatic carbocycles. The lowest BCUT2D eigenvalue weighted by Crippen LogP contribution is -2.12. The first kappa shape index (κ1) is 13.8. The fourth-order valence-corrected chi connectivity index (χ4v) is 2.10. The number of hydrogen-bond acceptors (Lipinski definition) is 6. The Balaban J connectivity index is 1.92. The lowest BCUT2D eigenvalue weighted by Gasteiger charge is -2.13. The SMILES string of the molecule is C[C@@H](Nc1ncnc(N)c1C#N)c1nc2ccc(F)cc2[nH]1. The van der Waals surface area contributed by atoms with Crippen LogP contribution in [0.3, 0.4) is 0 Å². The van der Waals surface area contributed by atoms with Crippen molar-refractivity contribution in [2.75, 3.05) is 11.1 Å². The first-order valence-corrected chi connectivity index (χ1v) is 6.50. The summed E-state index contributed by atoms with van der Waals surface area (Å²) in [6, 6.07) is 6.01. The van der Waals surface area contributed by atoms with Crippen LogP contribution in [0.4, 0.5) is 16.0 Å². The third-order valence-corrected chi connectivity index (χ3v) is 3.21. The Morgan fingerprint density at radius 2 is 2.23 bits per heavy atom. The summed E-state index contributed by atoms with van der Waals surface area (Å²) >= 11 is 0. The van der Waals surface area contributed by atoms with E-state index in [1.165, 1.54) is 18.5 Å². The highest BCUT2D eigenvalue weighted by molar-refractivity contribution is 5.75. The molecule has 3 aromatic rings. The molecule has 1 atom stereocenters. The van der Waals surface area contributed by atoms with Crippen molar-refractivity contribution in [1.82, 2.24) is 19.9 Å². The Morgan fingerprint density at radius 3 is 3.00 bits per heavy atom. The molecule has 0 aliphatic rings. The van der Waals surface area contributed by atoms with Crippen LogP contribution in [0.1, 0.15) is 24.4 Å². The number of aromatic nitrogens is 4. The maximum absolute atomic E-state index is 13.2. The number of nitrogens with one attached hydrogen (secondary N) is 2. The lowest BCUT2D eigenvalue weighted by atomic mass is 10.2. The predicted octanol–water partition coefficient (Wildman–Crippen LogP) is 2.12. The predicted molar refractivity (Wildman–Crippen MR) is 79.2 cm³/mol. The average molecular weight is 297 g/mol. The fourth-order valence-electron chi connectivity index (χ4n) is 2.10. The molecule has 0 aliphatic heterocycles. The molecule has 0 fully saturated rings.